The van der Waals surface area contributed by atoms with Crippen molar-refractivity contribution in [1.29, 1.82) is 0 Å². The van der Waals surface area contributed by atoms with Crippen LogP contribution in [0, 0.1) is 3.57 Å². The molecule has 0 unspecified atom stereocenters. The molecule has 0 aliphatic rings. The van der Waals surface area contributed by atoms with Gasteiger partial charge in [-0.05, 0) is 50.7 Å². The summed E-state index contributed by atoms with van der Waals surface area (Å²) >= 11 is 5.19. The van der Waals surface area contributed by atoms with E-state index in [9.17, 15) is 4.79 Å². The van der Waals surface area contributed by atoms with E-state index in [1.165, 1.54) is 0 Å². The van der Waals surface area contributed by atoms with Gasteiger partial charge in [-0.1, -0.05) is 0 Å². The van der Waals surface area contributed by atoms with Gasteiger partial charge in [-0.2, -0.15) is 0 Å². The second-order valence-electron chi connectivity index (χ2n) is 2.27. The highest BCUT2D eigenvalue weighted by atomic mass is 127. The number of carboxylic acids is 1. The molecule has 0 radical (unpaired) electrons. The van der Waals surface area contributed by atoms with Gasteiger partial charge in [0.1, 0.15) is 5.75 Å². The molecule has 0 aliphatic carbocycles. The van der Waals surface area contributed by atoms with Crippen LogP contribution in [0.25, 0.3) is 0 Å². The molecule has 0 atom stereocenters. The highest BCUT2D eigenvalue weighted by Gasteiger charge is 2.11. The van der Waals surface area contributed by atoms with Crippen LogP contribution in [-0.2, 0) is 0 Å². The molecule has 1 aromatic carbocycles. The number of methoxy groups -OCH3 is 1. The quantitative estimate of drug-likeness (QED) is 0.829. The van der Waals surface area contributed by atoms with Crippen molar-refractivity contribution in [2.45, 2.75) is 0 Å². The number of benzene rings is 1. The number of carbonyl (C=O) groups is 1. The maximum atomic E-state index is 10.7. The van der Waals surface area contributed by atoms with Crippen molar-refractivity contribution in [2.24, 2.45) is 0 Å². The molecular formula is C8H6BrIO3. The van der Waals surface area contributed by atoms with E-state index in [4.69, 9.17) is 9.84 Å². The van der Waals surface area contributed by atoms with Crippen molar-refractivity contribution in [3.8, 4) is 5.75 Å². The SMILES string of the molecule is COc1cc(Br)c(C(=O)O)cc1I. The first-order valence-electron chi connectivity index (χ1n) is 3.32. The minimum atomic E-state index is -0.951. The molecule has 0 aromatic heterocycles. The molecule has 70 valence electrons. The third-order valence-corrected chi connectivity index (χ3v) is 2.97. The lowest BCUT2D eigenvalue weighted by atomic mass is 10.2. The van der Waals surface area contributed by atoms with Gasteiger partial charge < -0.3 is 9.84 Å². The summed E-state index contributed by atoms with van der Waals surface area (Å²) in [6.07, 6.45) is 0. The van der Waals surface area contributed by atoms with E-state index in [1.807, 2.05) is 22.6 Å². The maximum Gasteiger partial charge on any atom is 0.336 e. The molecule has 0 heterocycles. The van der Waals surface area contributed by atoms with Gasteiger partial charge in [0.05, 0.1) is 16.2 Å². The highest BCUT2D eigenvalue weighted by molar-refractivity contribution is 14.1. The second-order valence-corrected chi connectivity index (χ2v) is 4.29. The Bertz CT molecular complexity index is 351. The van der Waals surface area contributed by atoms with Crippen LogP contribution in [0.5, 0.6) is 5.75 Å². The molecule has 1 aromatic rings. The Morgan fingerprint density at radius 2 is 2.23 bits per heavy atom. The molecular weight excluding hydrogens is 351 g/mol. The average Bonchev–Trinajstić information content (AvgIpc) is 2.07. The molecule has 1 N–H and O–H groups in total. The minimum absolute atomic E-state index is 0.241. The van der Waals surface area contributed by atoms with E-state index in [2.05, 4.69) is 15.9 Å². The predicted octanol–water partition coefficient (Wildman–Crippen LogP) is 2.76. The van der Waals surface area contributed by atoms with Gasteiger partial charge in [-0.3, -0.25) is 0 Å². The molecule has 0 aliphatic heterocycles. The number of aromatic carboxylic acids is 1. The summed E-state index contributed by atoms with van der Waals surface area (Å²) in [6.45, 7) is 0. The van der Waals surface area contributed by atoms with E-state index in [1.54, 1.807) is 19.2 Å². The Morgan fingerprint density at radius 3 is 2.69 bits per heavy atom. The predicted molar refractivity (Wildman–Crippen MR) is 60.4 cm³/mol. The zero-order valence-corrected chi connectivity index (χ0v) is 10.4. The first kappa shape index (κ1) is 10.8. The number of halogens is 2. The standard InChI is InChI=1S/C8H6BrIO3/c1-13-7-3-5(9)4(8(11)12)2-6(7)10/h2-3H,1H3,(H,11,12). The minimum Gasteiger partial charge on any atom is -0.496 e. The molecule has 3 nitrogen and oxygen atoms in total. The topological polar surface area (TPSA) is 46.5 Å². The van der Waals surface area contributed by atoms with Crippen LogP contribution in [0.4, 0.5) is 0 Å². The summed E-state index contributed by atoms with van der Waals surface area (Å²) in [7, 11) is 1.55. The van der Waals surface area contributed by atoms with Gasteiger partial charge in [0.2, 0.25) is 0 Å². The Kier molecular flexibility index (Phi) is 3.55. The maximum absolute atomic E-state index is 10.7. The summed E-state index contributed by atoms with van der Waals surface area (Å²) in [5.41, 5.74) is 0.241. The van der Waals surface area contributed by atoms with E-state index >= 15 is 0 Å². The molecule has 0 fully saturated rings. The summed E-state index contributed by atoms with van der Waals surface area (Å²) in [4.78, 5) is 10.7. The van der Waals surface area contributed by atoms with Crippen LogP contribution >= 0.6 is 38.5 Å². The van der Waals surface area contributed by atoms with Gasteiger partial charge >= 0.3 is 5.97 Å². The zero-order chi connectivity index (χ0) is 10.0. The number of carboxylic acid groups (broad SMARTS) is 1. The van der Waals surface area contributed by atoms with E-state index < -0.39 is 5.97 Å². The third-order valence-electron chi connectivity index (χ3n) is 1.47. The molecule has 0 saturated heterocycles. The van der Waals surface area contributed by atoms with Crippen LogP contribution in [0.1, 0.15) is 10.4 Å². The van der Waals surface area contributed by atoms with Gasteiger partial charge in [0, 0.05) is 4.47 Å². The van der Waals surface area contributed by atoms with Gasteiger partial charge in [-0.15, -0.1) is 0 Å². The zero-order valence-electron chi connectivity index (χ0n) is 6.67. The summed E-state index contributed by atoms with van der Waals surface area (Å²) in [6, 6.07) is 3.21. The lowest BCUT2D eigenvalue weighted by Crippen LogP contribution is -1.99. The van der Waals surface area contributed by atoms with Crippen LogP contribution < -0.4 is 4.74 Å². The van der Waals surface area contributed by atoms with Crippen molar-refractivity contribution in [3.05, 3.63) is 25.7 Å². The fourth-order valence-electron chi connectivity index (χ4n) is 0.849. The van der Waals surface area contributed by atoms with Gasteiger partial charge in [-0.25, -0.2) is 4.79 Å². The lowest BCUT2D eigenvalue weighted by molar-refractivity contribution is 0.0696. The molecule has 13 heavy (non-hydrogen) atoms. The fourth-order valence-corrected chi connectivity index (χ4v) is 2.03. The molecule has 5 heteroatoms. The monoisotopic (exact) mass is 356 g/mol. The smallest absolute Gasteiger partial charge is 0.336 e. The highest BCUT2D eigenvalue weighted by Crippen LogP contribution is 2.28. The number of hydrogen-bond donors (Lipinski definition) is 1. The average molecular weight is 357 g/mol. The molecule has 1 rings (SSSR count). The van der Waals surface area contributed by atoms with E-state index in [0.29, 0.717) is 10.2 Å². The van der Waals surface area contributed by atoms with Crippen molar-refractivity contribution in [3.63, 3.8) is 0 Å². The molecule has 0 spiro atoms. The summed E-state index contributed by atoms with van der Waals surface area (Å²) in [5, 5.41) is 8.78. The van der Waals surface area contributed by atoms with E-state index in [0.717, 1.165) is 3.57 Å². The van der Waals surface area contributed by atoms with Crippen LogP contribution in [0.3, 0.4) is 0 Å². The molecule has 0 amide bonds. The van der Waals surface area contributed by atoms with E-state index in [-0.39, 0.29) is 5.56 Å². The third kappa shape index (κ3) is 2.34. The lowest BCUT2D eigenvalue weighted by Gasteiger charge is -2.05. The number of rotatable bonds is 2. The molecule has 0 bridgehead atoms. The summed E-state index contributed by atoms with van der Waals surface area (Å²) < 4.78 is 6.33. The summed E-state index contributed by atoms with van der Waals surface area (Å²) in [5.74, 6) is -0.287. The van der Waals surface area contributed by atoms with Crippen LogP contribution in [0.15, 0.2) is 16.6 Å². The molecule has 0 saturated carbocycles. The first-order chi connectivity index (χ1) is 6.06. The Labute approximate surface area is 97.4 Å². The van der Waals surface area contributed by atoms with Gasteiger partial charge in [0.15, 0.2) is 0 Å². The number of hydrogen-bond acceptors (Lipinski definition) is 2. The van der Waals surface area contributed by atoms with Crippen molar-refractivity contribution < 1.29 is 14.6 Å². The number of ether oxygens (including phenoxy) is 1. The first-order valence-corrected chi connectivity index (χ1v) is 5.19. The van der Waals surface area contributed by atoms with Crippen molar-refractivity contribution in [2.75, 3.05) is 7.11 Å². The largest absolute Gasteiger partial charge is 0.496 e. The Balaban J connectivity index is 3.28. The van der Waals surface area contributed by atoms with Crippen molar-refractivity contribution >= 4 is 44.5 Å². The van der Waals surface area contributed by atoms with Gasteiger partial charge in [0.25, 0.3) is 0 Å². The second kappa shape index (κ2) is 4.28. The van der Waals surface area contributed by atoms with Crippen molar-refractivity contribution in [1.82, 2.24) is 0 Å². The van der Waals surface area contributed by atoms with Crippen LogP contribution in [0.2, 0.25) is 0 Å². The van der Waals surface area contributed by atoms with Crippen LogP contribution in [-0.4, -0.2) is 18.2 Å². The fraction of sp³-hybridized carbons (Fsp3) is 0.125. The Hall–Kier alpha value is -0.300. The Morgan fingerprint density at radius 1 is 1.62 bits per heavy atom. The normalized spacial score (nSPS) is 9.77.